The maximum atomic E-state index is 5.62. The van der Waals surface area contributed by atoms with Crippen LogP contribution in [0.5, 0.6) is 0 Å². The van der Waals surface area contributed by atoms with E-state index in [4.69, 9.17) is 5.73 Å². The average Bonchev–Trinajstić information content (AvgIpc) is 2.54. The molecule has 0 amide bonds. The van der Waals surface area contributed by atoms with Gasteiger partial charge in [-0.3, -0.25) is 0 Å². The summed E-state index contributed by atoms with van der Waals surface area (Å²) in [5, 5.41) is 2.15. The molecule has 0 aliphatic carbocycles. The number of nitrogens with two attached hydrogens (primary N) is 1. The zero-order valence-corrected chi connectivity index (χ0v) is 9.31. The van der Waals surface area contributed by atoms with E-state index in [9.17, 15) is 0 Å². The van der Waals surface area contributed by atoms with E-state index in [1.54, 1.807) is 0 Å². The molecule has 0 spiro atoms. The molecule has 1 aromatic rings. The normalized spacial score (nSPS) is 13.5. The van der Waals surface area contributed by atoms with Crippen molar-refractivity contribution >= 4 is 11.3 Å². The van der Waals surface area contributed by atoms with E-state index in [0.29, 0.717) is 5.92 Å². The highest BCUT2D eigenvalue weighted by Gasteiger charge is 2.12. The first kappa shape index (κ1) is 10.7. The first-order valence-corrected chi connectivity index (χ1v) is 5.85. The van der Waals surface area contributed by atoms with Gasteiger partial charge in [0.1, 0.15) is 0 Å². The zero-order chi connectivity index (χ0) is 9.68. The molecule has 0 aliphatic rings. The molecule has 0 saturated carbocycles. The molecule has 1 heterocycles. The van der Waals surface area contributed by atoms with Crippen molar-refractivity contribution in [1.29, 1.82) is 0 Å². The first-order chi connectivity index (χ1) is 6.24. The summed E-state index contributed by atoms with van der Waals surface area (Å²) in [6.45, 7) is 5.35. The molecule has 0 saturated heterocycles. The number of rotatable bonds is 5. The van der Waals surface area contributed by atoms with Crippen LogP contribution < -0.4 is 5.73 Å². The molecule has 2 N–H and O–H groups in total. The standard InChI is InChI=1S/C11H19NS/c1-9(2)8-10(5-6-12)11-4-3-7-13-11/h3-4,7,9-10H,5-6,8,12H2,1-2H3. The quantitative estimate of drug-likeness (QED) is 0.770. The van der Waals surface area contributed by atoms with Gasteiger partial charge in [0, 0.05) is 4.88 Å². The van der Waals surface area contributed by atoms with Crippen molar-refractivity contribution < 1.29 is 0 Å². The second kappa shape index (κ2) is 5.40. The molecular weight excluding hydrogens is 178 g/mol. The van der Waals surface area contributed by atoms with E-state index in [1.807, 2.05) is 11.3 Å². The summed E-state index contributed by atoms with van der Waals surface area (Å²) in [7, 11) is 0. The minimum Gasteiger partial charge on any atom is -0.330 e. The van der Waals surface area contributed by atoms with Gasteiger partial charge in [-0.2, -0.15) is 0 Å². The van der Waals surface area contributed by atoms with Gasteiger partial charge in [0.15, 0.2) is 0 Å². The highest BCUT2D eigenvalue weighted by Crippen LogP contribution is 2.29. The predicted molar refractivity (Wildman–Crippen MR) is 60.2 cm³/mol. The molecule has 1 aromatic heterocycles. The minimum absolute atomic E-state index is 0.685. The maximum absolute atomic E-state index is 5.62. The Bertz CT molecular complexity index is 216. The van der Waals surface area contributed by atoms with Gasteiger partial charge >= 0.3 is 0 Å². The van der Waals surface area contributed by atoms with Crippen molar-refractivity contribution in [3.05, 3.63) is 22.4 Å². The summed E-state index contributed by atoms with van der Waals surface area (Å²) in [5.74, 6) is 1.45. The van der Waals surface area contributed by atoms with E-state index < -0.39 is 0 Å². The van der Waals surface area contributed by atoms with E-state index in [2.05, 4.69) is 31.4 Å². The van der Waals surface area contributed by atoms with Crippen LogP contribution in [0.1, 0.15) is 37.5 Å². The van der Waals surface area contributed by atoms with E-state index in [1.165, 1.54) is 11.3 Å². The molecule has 0 aliphatic heterocycles. The minimum atomic E-state index is 0.685. The summed E-state index contributed by atoms with van der Waals surface area (Å²) < 4.78 is 0. The molecule has 0 aromatic carbocycles. The fourth-order valence-corrected chi connectivity index (χ4v) is 2.55. The second-order valence-corrected chi connectivity index (χ2v) is 4.90. The van der Waals surface area contributed by atoms with Crippen LogP contribution >= 0.6 is 11.3 Å². The van der Waals surface area contributed by atoms with Gasteiger partial charge in [-0.1, -0.05) is 19.9 Å². The smallest absolute Gasteiger partial charge is 0.00767 e. The Hall–Kier alpha value is -0.340. The Balaban J connectivity index is 2.57. The van der Waals surface area contributed by atoms with Crippen LogP contribution in [0, 0.1) is 5.92 Å². The molecule has 0 radical (unpaired) electrons. The summed E-state index contributed by atoms with van der Waals surface area (Å²) in [6, 6.07) is 4.36. The molecular formula is C11H19NS. The van der Waals surface area contributed by atoms with Crippen molar-refractivity contribution in [2.75, 3.05) is 6.54 Å². The van der Waals surface area contributed by atoms with Gasteiger partial charge in [0.2, 0.25) is 0 Å². The lowest BCUT2D eigenvalue weighted by Gasteiger charge is -2.16. The molecule has 0 fully saturated rings. The number of thiophene rings is 1. The lowest BCUT2D eigenvalue weighted by atomic mass is 9.93. The van der Waals surface area contributed by atoms with Gasteiger partial charge in [0.05, 0.1) is 0 Å². The second-order valence-electron chi connectivity index (χ2n) is 3.92. The van der Waals surface area contributed by atoms with Crippen LogP contribution in [0.15, 0.2) is 17.5 Å². The van der Waals surface area contributed by atoms with Crippen molar-refractivity contribution in [3.8, 4) is 0 Å². The summed E-state index contributed by atoms with van der Waals surface area (Å²) in [4.78, 5) is 1.50. The molecule has 1 unspecified atom stereocenters. The maximum Gasteiger partial charge on any atom is 0.00767 e. The van der Waals surface area contributed by atoms with E-state index >= 15 is 0 Å². The van der Waals surface area contributed by atoms with Crippen LogP contribution in [0.4, 0.5) is 0 Å². The molecule has 1 nitrogen and oxygen atoms in total. The summed E-state index contributed by atoms with van der Waals surface area (Å²) in [5.41, 5.74) is 5.62. The molecule has 1 atom stereocenters. The SMILES string of the molecule is CC(C)CC(CCN)c1cccs1. The largest absolute Gasteiger partial charge is 0.330 e. The van der Waals surface area contributed by atoms with Crippen molar-refractivity contribution in [1.82, 2.24) is 0 Å². The molecule has 1 rings (SSSR count). The summed E-state index contributed by atoms with van der Waals surface area (Å²) >= 11 is 1.86. The lowest BCUT2D eigenvalue weighted by Crippen LogP contribution is -2.08. The third-order valence-electron chi connectivity index (χ3n) is 2.22. The number of hydrogen-bond donors (Lipinski definition) is 1. The Morgan fingerprint density at radius 1 is 1.46 bits per heavy atom. The highest BCUT2D eigenvalue weighted by molar-refractivity contribution is 7.10. The Morgan fingerprint density at radius 2 is 2.23 bits per heavy atom. The van der Waals surface area contributed by atoms with Gasteiger partial charge in [-0.25, -0.2) is 0 Å². The molecule has 13 heavy (non-hydrogen) atoms. The molecule has 0 bridgehead atoms. The Morgan fingerprint density at radius 3 is 2.69 bits per heavy atom. The van der Waals surface area contributed by atoms with Gasteiger partial charge in [0.25, 0.3) is 0 Å². The van der Waals surface area contributed by atoms with E-state index in [0.717, 1.165) is 18.9 Å². The van der Waals surface area contributed by atoms with Crippen LogP contribution in [0.2, 0.25) is 0 Å². The van der Waals surface area contributed by atoms with Crippen LogP contribution in [0.25, 0.3) is 0 Å². The topological polar surface area (TPSA) is 26.0 Å². The Labute approximate surface area is 85.0 Å². The van der Waals surface area contributed by atoms with Crippen molar-refractivity contribution in [2.45, 2.75) is 32.6 Å². The third-order valence-corrected chi connectivity index (χ3v) is 3.25. The lowest BCUT2D eigenvalue weighted by molar-refractivity contribution is 0.485. The fourth-order valence-electron chi connectivity index (χ4n) is 1.67. The van der Waals surface area contributed by atoms with Crippen LogP contribution in [-0.4, -0.2) is 6.54 Å². The van der Waals surface area contributed by atoms with Crippen LogP contribution in [-0.2, 0) is 0 Å². The van der Waals surface area contributed by atoms with Crippen molar-refractivity contribution in [3.63, 3.8) is 0 Å². The summed E-state index contributed by atoms with van der Waals surface area (Å²) in [6.07, 6.45) is 2.39. The molecule has 74 valence electrons. The fraction of sp³-hybridized carbons (Fsp3) is 0.636. The Kier molecular flexibility index (Phi) is 4.46. The third kappa shape index (κ3) is 3.49. The number of hydrogen-bond acceptors (Lipinski definition) is 2. The first-order valence-electron chi connectivity index (χ1n) is 4.97. The highest BCUT2D eigenvalue weighted by atomic mass is 32.1. The monoisotopic (exact) mass is 197 g/mol. The van der Waals surface area contributed by atoms with Gasteiger partial charge in [-0.15, -0.1) is 11.3 Å². The van der Waals surface area contributed by atoms with Crippen molar-refractivity contribution in [2.24, 2.45) is 11.7 Å². The van der Waals surface area contributed by atoms with E-state index in [-0.39, 0.29) is 0 Å². The van der Waals surface area contributed by atoms with Gasteiger partial charge < -0.3 is 5.73 Å². The van der Waals surface area contributed by atoms with Gasteiger partial charge in [-0.05, 0) is 42.7 Å². The van der Waals surface area contributed by atoms with Crippen LogP contribution in [0.3, 0.4) is 0 Å². The zero-order valence-electron chi connectivity index (χ0n) is 8.49. The average molecular weight is 197 g/mol. The predicted octanol–water partition coefficient (Wildman–Crippen LogP) is 3.23. The molecule has 2 heteroatoms.